The van der Waals surface area contributed by atoms with E-state index >= 15 is 0 Å². The van der Waals surface area contributed by atoms with Gasteiger partial charge in [-0.2, -0.15) is 12.7 Å². The largest absolute Gasteiger partial charge is 0.352 e. The smallest absolute Gasteiger partial charge is 0.304 e. The van der Waals surface area contributed by atoms with Crippen LogP contribution in [0.1, 0.15) is 56.6 Å². The van der Waals surface area contributed by atoms with Crippen LogP contribution in [-0.4, -0.2) is 62.2 Å². The monoisotopic (exact) mass is 546 g/mol. The summed E-state index contributed by atoms with van der Waals surface area (Å²) in [4.78, 5) is 28.8. The molecular formula is C28H39FN4O4S. The van der Waals surface area contributed by atoms with Crippen molar-refractivity contribution in [3.63, 3.8) is 0 Å². The van der Waals surface area contributed by atoms with Crippen molar-refractivity contribution in [1.29, 1.82) is 0 Å². The Morgan fingerprint density at radius 3 is 2.34 bits per heavy atom. The number of nitrogens with one attached hydrogen (secondary N) is 1. The Morgan fingerprint density at radius 1 is 1.05 bits per heavy atom. The number of amides is 2. The molecule has 0 aliphatic heterocycles. The summed E-state index contributed by atoms with van der Waals surface area (Å²) < 4.78 is 42.9. The number of rotatable bonds is 11. The SMILES string of the molecule is CCC(C(=O)NC1CCCCC1)N(Cc1cccc(C)c1)C(=O)CN(c1ccccc1F)S(=O)(=O)N(C)C. The Balaban J connectivity index is 1.97. The fraction of sp³-hybridized carbons (Fsp3) is 0.500. The molecule has 0 radical (unpaired) electrons. The van der Waals surface area contributed by atoms with Crippen LogP contribution in [0.3, 0.4) is 0 Å². The van der Waals surface area contributed by atoms with Gasteiger partial charge < -0.3 is 10.2 Å². The van der Waals surface area contributed by atoms with E-state index in [1.54, 1.807) is 0 Å². The number of para-hydroxylation sites is 1. The summed E-state index contributed by atoms with van der Waals surface area (Å²) in [5, 5.41) is 3.11. The van der Waals surface area contributed by atoms with Gasteiger partial charge in [-0.1, -0.05) is 68.1 Å². The van der Waals surface area contributed by atoms with E-state index in [0.717, 1.165) is 57.9 Å². The summed E-state index contributed by atoms with van der Waals surface area (Å²) in [5.41, 5.74) is 1.58. The van der Waals surface area contributed by atoms with Crippen LogP contribution in [0.15, 0.2) is 48.5 Å². The van der Waals surface area contributed by atoms with Crippen LogP contribution in [0.25, 0.3) is 0 Å². The summed E-state index contributed by atoms with van der Waals surface area (Å²) in [6, 6.07) is 12.3. The highest BCUT2D eigenvalue weighted by Crippen LogP contribution is 2.24. The first-order chi connectivity index (χ1) is 18.0. The van der Waals surface area contributed by atoms with E-state index in [-0.39, 0.29) is 24.2 Å². The maximum absolute atomic E-state index is 14.8. The number of anilines is 1. The first kappa shape index (κ1) is 29.6. The van der Waals surface area contributed by atoms with Crippen LogP contribution in [0.5, 0.6) is 0 Å². The van der Waals surface area contributed by atoms with Crippen molar-refractivity contribution in [1.82, 2.24) is 14.5 Å². The zero-order valence-electron chi connectivity index (χ0n) is 22.7. The van der Waals surface area contributed by atoms with Crippen LogP contribution in [0.2, 0.25) is 0 Å². The second kappa shape index (κ2) is 13.2. The van der Waals surface area contributed by atoms with Gasteiger partial charge in [0.2, 0.25) is 11.8 Å². The van der Waals surface area contributed by atoms with E-state index in [1.807, 2.05) is 38.1 Å². The molecule has 0 saturated heterocycles. The number of benzene rings is 2. The first-order valence-corrected chi connectivity index (χ1v) is 14.5. The van der Waals surface area contributed by atoms with Gasteiger partial charge in [0, 0.05) is 26.7 Å². The Morgan fingerprint density at radius 2 is 1.74 bits per heavy atom. The van der Waals surface area contributed by atoms with Crippen molar-refractivity contribution in [3.8, 4) is 0 Å². The summed E-state index contributed by atoms with van der Waals surface area (Å²) in [6.45, 7) is 3.23. The van der Waals surface area contributed by atoms with E-state index in [4.69, 9.17) is 0 Å². The highest BCUT2D eigenvalue weighted by atomic mass is 32.2. The van der Waals surface area contributed by atoms with Crippen LogP contribution in [0.4, 0.5) is 10.1 Å². The third-order valence-electron chi connectivity index (χ3n) is 6.91. The summed E-state index contributed by atoms with van der Waals surface area (Å²) in [7, 11) is -1.57. The molecule has 38 heavy (non-hydrogen) atoms. The summed E-state index contributed by atoms with van der Waals surface area (Å²) >= 11 is 0. The van der Waals surface area contributed by atoms with Gasteiger partial charge in [-0.25, -0.2) is 8.70 Å². The molecule has 1 atom stereocenters. The molecule has 2 amide bonds. The van der Waals surface area contributed by atoms with Gasteiger partial charge in [0.15, 0.2) is 0 Å². The third-order valence-corrected chi connectivity index (χ3v) is 8.72. The maximum atomic E-state index is 14.8. The maximum Gasteiger partial charge on any atom is 0.304 e. The van der Waals surface area contributed by atoms with E-state index in [9.17, 15) is 22.4 Å². The van der Waals surface area contributed by atoms with E-state index in [0.29, 0.717) is 6.42 Å². The standard InChI is InChI=1S/C28H39FN4O4S/c1-5-25(28(35)30-23-14-7-6-8-15-23)32(19-22-13-11-12-21(2)18-22)27(34)20-33(38(36,37)31(3)4)26-17-10-9-16-24(26)29/h9-13,16-18,23,25H,5-8,14-15,19-20H2,1-4H3,(H,30,35). The molecule has 0 heterocycles. The van der Waals surface area contributed by atoms with Crippen molar-refractivity contribution in [3.05, 3.63) is 65.5 Å². The van der Waals surface area contributed by atoms with Crippen LogP contribution < -0.4 is 9.62 Å². The zero-order valence-corrected chi connectivity index (χ0v) is 23.5. The van der Waals surface area contributed by atoms with Gasteiger partial charge in [0.1, 0.15) is 18.4 Å². The average molecular weight is 547 g/mol. The number of halogens is 1. The Labute approximate surface area is 226 Å². The lowest BCUT2D eigenvalue weighted by Crippen LogP contribution is -2.54. The topological polar surface area (TPSA) is 90.0 Å². The average Bonchev–Trinajstić information content (AvgIpc) is 2.88. The van der Waals surface area contributed by atoms with E-state index in [1.165, 1.54) is 37.2 Å². The molecule has 1 unspecified atom stereocenters. The van der Waals surface area contributed by atoms with Gasteiger partial charge in [-0.3, -0.25) is 9.59 Å². The van der Waals surface area contributed by atoms with Crippen molar-refractivity contribution < 1.29 is 22.4 Å². The van der Waals surface area contributed by atoms with Gasteiger partial charge in [-0.05, 0) is 43.9 Å². The van der Waals surface area contributed by atoms with Crippen molar-refractivity contribution in [2.45, 2.75) is 71.0 Å². The quantitative estimate of drug-likeness (QED) is 0.461. The molecule has 1 saturated carbocycles. The molecule has 1 N–H and O–H groups in total. The number of carbonyl (C=O) groups excluding carboxylic acids is 2. The molecule has 1 aliphatic carbocycles. The fourth-order valence-electron chi connectivity index (χ4n) is 4.83. The minimum atomic E-state index is -4.22. The Kier molecular flexibility index (Phi) is 10.3. The number of carbonyl (C=O) groups is 2. The minimum absolute atomic E-state index is 0.0604. The van der Waals surface area contributed by atoms with Gasteiger partial charge >= 0.3 is 10.2 Å². The Bertz CT molecular complexity index is 1210. The molecule has 0 aromatic heterocycles. The third kappa shape index (κ3) is 7.32. The molecule has 8 nitrogen and oxygen atoms in total. The lowest BCUT2D eigenvalue weighted by Gasteiger charge is -2.35. The van der Waals surface area contributed by atoms with Gasteiger partial charge in [-0.15, -0.1) is 0 Å². The molecule has 2 aromatic rings. The first-order valence-electron chi connectivity index (χ1n) is 13.1. The molecular weight excluding hydrogens is 507 g/mol. The van der Waals surface area contributed by atoms with E-state index < -0.39 is 34.5 Å². The molecule has 208 valence electrons. The van der Waals surface area contributed by atoms with E-state index in [2.05, 4.69) is 5.32 Å². The minimum Gasteiger partial charge on any atom is -0.352 e. The second-order valence-electron chi connectivity index (χ2n) is 10.0. The predicted molar refractivity (Wildman–Crippen MR) is 147 cm³/mol. The highest BCUT2D eigenvalue weighted by molar-refractivity contribution is 7.90. The van der Waals surface area contributed by atoms with Crippen molar-refractivity contribution >= 4 is 27.7 Å². The molecule has 0 bridgehead atoms. The lowest BCUT2D eigenvalue weighted by atomic mass is 9.95. The zero-order chi connectivity index (χ0) is 27.9. The van der Waals surface area contributed by atoms with Gasteiger partial charge in [0.25, 0.3) is 0 Å². The summed E-state index contributed by atoms with van der Waals surface area (Å²) in [5.74, 6) is -1.61. The number of hydrogen-bond acceptors (Lipinski definition) is 4. The Hall–Kier alpha value is -2.98. The summed E-state index contributed by atoms with van der Waals surface area (Å²) in [6.07, 6.45) is 5.39. The molecule has 3 rings (SSSR count). The van der Waals surface area contributed by atoms with Gasteiger partial charge in [0.05, 0.1) is 5.69 Å². The number of aryl methyl sites for hydroxylation is 1. The molecule has 0 spiro atoms. The van der Waals surface area contributed by atoms with Crippen LogP contribution in [-0.2, 0) is 26.3 Å². The second-order valence-corrected chi connectivity index (χ2v) is 12.1. The highest BCUT2D eigenvalue weighted by Gasteiger charge is 2.35. The predicted octanol–water partition coefficient (Wildman–Crippen LogP) is 4.00. The van der Waals surface area contributed by atoms with Crippen LogP contribution >= 0.6 is 0 Å². The normalized spacial score (nSPS) is 15.2. The number of nitrogens with zero attached hydrogens (tertiary/aromatic N) is 3. The molecule has 10 heteroatoms. The van der Waals surface area contributed by atoms with Crippen molar-refractivity contribution in [2.24, 2.45) is 0 Å². The van der Waals surface area contributed by atoms with Crippen molar-refractivity contribution in [2.75, 3.05) is 24.9 Å². The fourth-order valence-corrected chi connectivity index (χ4v) is 5.89. The molecule has 1 fully saturated rings. The number of hydrogen-bond donors (Lipinski definition) is 1. The van der Waals surface area contributed by atoms with Crippen LogP contribution in [0, 0.1) is 12.7 Å². The lowest BCUT2D eigenvalue weighted by molar-refractivity contribution is -0.140. The molecule has 1 aliphatic rings. The molecule has 2 aromatic carbocycles.